The Labute approximate surface area is 130 Å². The molecular formula is C14H13BrFNO3S. The second-order valence-electron chi connectivity index (χ2n) is 4.36. The molecule has 0 amide bonds. The molecule has 0 fully saturated rings. The van der Waals surface area contributed by atoms with E-state index in [9.17, 15) is 17.9 Å². The maximum absolute atomic E-state index is 13.2. The van der Waals surface area contributed by atoms with E-state index in [-0.39, 0.29) is 17.0 Å². The van der Waals surface area contributed by atoms with Crippen LogP contribution in [0.2, 0.25) is 0 Å². The van der Waals surface area contributed by atoms with Gasteiger partial charge in [0.05, 0.1) is 11.5 Å². The van der Waals surface area contributed by atoms with Gasteiger partial charge in [-0.25, -0.2) is 17.5 Å². The molecule has 0 aromatic heterocycles. The highest BCUT2D eigenvalue weighted by molar-refractivity contribution is 9.10. The van der Waals surface area contributed by atoms with Crippen molar-refractivity contribution >= 4 is 26.0 Å². The van der Waals surface area contributed by atoms with Gasteiger partial charge in [-0.05, 0) is 35.4 Å². The Kier molecular flexibility index (Phi) is 5.10. The van der Waals surface area contributed by atoms with Gasteiger partial charge in [-0.15, -0.1) is 0 Å². The van der Waals surface area contributed by atoms with E-state index in [1.165, 1.54) is 6.07 Å². The summed E-state index contributed by atoms with van der Waals surface area (Å²) in [5.41, 5.74) is 0.910. The second-order valence-corrected chi connectivity index (χ2v) is 7.02. The third-order valence-corrected chi connectivity index (χ3v) is 4.82. The lowest BCUT2D eigenvalue weighted by atomic mass is 10.2. The molecule has 0 unspecified atom stereocenters. The van der Waals surface area contributed by atoms with E-state index in [1.54, 1.807) is 18.2 Å². The van der Waals surface area contributed by atoms with Crippen LogP contribution >= 0.6 is 15.9 Å². The summed E-state index contributed by atoms with van der Waals surface area (Å²) in [6.07, 6.45) is 0. The summed E-state index contributed by atoms with van der Waals surface area (Å²) in [5.74, 6) is -0.671. The molecule has 0 aliphatic rings. The average Bonchev–Trinajstić information content (AvgIpc) is 2.45. The van der Waals surface area contributed by atoms with Crippen molar-refractivity contribution < 1.29 is 17.9 Å². The third kappa shape index (κ3) is 4.10. The molecule has 0 aliphatic carbocycles. The van der Waals surface area contributed by atoms with Crippen LogP contribution in [0.4, 0.5) is 4.39 Å². The Morgan fingerprint density at radius 3 is 2.62 bits per heavy atom. The molecule has 0 atom stereocenters. The number of aliphatic hydroxyl groups excluding tert-OH is 1. The van der Waals surface area contributed by atoms with Crippen LogP contribution in [-0.4, -0.2) is 13.5 Å². The quantitative estimate of drug-likeness (QED) is 0.846. The summed E-state index contributed by atoms with van der Waals surface area (Å²) in [7, 11) is -3.90. The van der Waals surface area contributed by atoms with Crippen molar-refractivity contribution in [3.63, 3.8) is 0 Å². The van der Waals surface area contributed by atoms with Gasteiger partial charge in [-0.1, -0.05) is 34.1 Å². The first kappa shape index (κ1) is 16.1. The fraction of sp³-hybridized carbons (Fsp3) is 0.143. The molecule has 112 valence electrons. The van der Waals surface area contributed by atoms with Crippen molar-refractivity contribution in [2.45, 2.75) is 18.0 Å². The SMILES string of the molecule is O=S(=O)(NCc1cccc(Br)c1)c1cc(F)ccc1CO. The normalized spacial score (nSPS) is 11.6. The topological polar surface area (TPSA) is 66.4 Å². The van der Waals surface area contributed by atoms with Gasteiger partial charge >= 0.3 is 0 Å². The molecule has 2 aromatic rings. The number of halogens is 2. The fourth-order valence-corrected chi connectivity index (χ4v) is 3.52. The number of aliphatic hydroxyl groups is 1. The summed E-state index contributed by atoms with van der Waals surface area (Å²) in [6, 6.07) is 10.4. The van der Waals surface area contributed by atoms with Crippen molar-refractivity contribution in [2.24, 2.45) is 0 Å². The van der Waals surface area contributed by atoms with Crippen LogP contribution in [0.25, 0.3) is 0 Å². The van der Waals surface area contributed by atoms with E-state index >= 15 is 0 Å². The van der Waals surface area contributed by atoms with Crippen LogP contribution < -0.4 is 4.72 Å². The Morgan fingerprint density at radius 1 is 1.19 bits per heavy atom. The monoisotopic (exact) mass is 373 g/mol. The number of nitrogens with one attached hydrogen (secondary N) is 1. The summed E-state index contributed by atoms with van der Waals surface area (Å²) in [5, 5.41) is 9.17. The number of rotatable bonds is 5. The van der Waals surface area contributed by atoms with Crippen molar-refractivity contribution in [3.8, 4) is 0 Å². The highest BCUT2D eigenvalue weighted by Gasteiger charge is 2.18. The standard InChI is InChI=1S/C14H13BrFNO3S/c15-12-3-1-2-10(6-12)8-17-21(19,20)14-7-13(16)5-4-11(14)9-18/h1-7,17-18H,8-9H2. The largest absolute Gasteiger partial charge is 0.392 e. The lowest BCUT2D eigenvalue weighted by Gasteiger charge is -2.10. The van der Waals surface area contributed by atoms with Crippen molar-refractivity contribution in [3.05, 3.63) is 63.9 Å². The molecule has 0 heterocycles. The predicted octanol–water partition coefficient (Wildman–Crippen LogP) is 2.56. The minimum atomic E-state index is -3.90. The van der Waals surface area contributed by atoms with Crippen LogP contribution in [-0.2, 0) is 23.2 Å². The first-order valence-electron chi connectivity index (χ1n) is 6.06. The van der Waals surface area contributed by atoms with Crippen LogP contribution in [0.5, 0.6) is 0 Å². The molecular weight excluding hydrogens is 361 g/mol. The minimum Gasteiger partial charge on any atom is -0.392 e. The number of sulfonamides is 1. The summed E-state index contributed by atoms with van der Waals surface area (Å²) < 4.78 is 40.9. The molecule has 0 spiro atoms. The highest BCUT2D eigenvalue weighted by Crippen LogP contribution is 2.18. The van der Waals surface area contributed by atoms with Crippen molar-refractivity contribution in [2.75, 3.05) is 0 Å². The van der Waals surface area contributed by atoms with Crippen LogP contribution in [0.1, 0.15) is 11.1 Å². The molecule has 0 aliphatic heterocycles. The molecule has 7 heteroatoms. The molecule has 0 saturated heterocycles. The maximum atomic E-state index is 13.2. The lowest BCUT2D eigenvalue weighted by molar-refractivity contribution is 0.278. The van der Waals surface area contributed by atoms with E-state index in [4.69, 9.17) is 0 Å². The number of benzene rings is 2. The van der Waals surface area contributed by atoms with E-state index in [1.807, 2.05) is 6.07 Å². The molecule has 0 saturated carbocycles. The van der Waals surface area contributed by atoms with Gasteiger partial charge in [0.25, 0.3) is 0 Å². The van der Waals surface area contributed by atoms with Crippen LogP contribution in [0.3, 0.4) is 0 Å². The Balaban J connectivity index is 2.24. The third-order valence-electron chi connectivity index (χ3n) is 2.84. The summed E-state index contributed by atoms with van der Waals surface area (Å²) in [6.45, 7) is -0.406. The van der Waals surface area contributed by atoms with E-state index in [0.29, 0.717) is 0 Å². The van der Waals surface area contributed by atoms with Gasteiger partial charge < -0.3 is 5.11 Å². The van der Waals surface area contributed by atoms with Crippen molar-refractivity contribution in [1.29, 1.82) is 0 Å². The first-order chi connectivity index (χ1) is 9.92. The molecule has 2 N–H and O–H groups in total. The van der Waals surface area contributed by atoms with Gasteiger partial charge in [0.1, 0.15) is 5.82 Å². The van der Waals surface area contributed by atoms with Crippen LogP contribution in [0.15, 0.2) is 51.8 Å². The Hall–Kier alpha value is -1.28. The maximum Gasteiger partial charge on any atom is 0.241 e. The first-order valence-corrected chi connectivity index (χ1v) is 8.33. The molecule has 4 nitrogen and oxygen atoms in total. The zero-order valence-corrected chi connectivity index (χ0v) is 13.3. The fourth-order valence-electron chi connectivity index (χ4n) is 1.81. The average molecular weight is 374 g/mol. The van der Waals surface area contributed by atoms with Gasteiger partial charge in [0.2, 0.25) is 10.0 Å². The Bertz CT molecular complexity index is 750. The van der Waals surface area contributed by atoms with E-state index < -0.39 is 22.4 Å². The van der Waals surface area contributed by atoms with Crippen molar-refractivity contribution in [1.82, 2.24) is 4.72 Å². The summed E-state index contributed by atoms with van der Waals surface area (Å²) >= 11 is 3.30. The van der Waals surface area contributed by atoms with E-state index in [0.717, 1.165) is 22.2 Å². The zero-order chi connectivity index (χ0) is 15.5. The number of hydrogen-bond acceptors (Lipinski definition) is 3. The lowest BCUT2D eigenvalue weighted by Crippen LogP contribution is -2.24. The smallest absolute Gasteiger partial charge is 0.241 e. The molecule has 21 heavy (non-hydrogen) atoms. The molecule has 2 aromatic carbocycles. The molecule has 0 bridgehead atoms. The molecule has 0 radical (unpaired) electrons. The van der Waals surface area contributed by atoms with Gasteiger partial charge in [-0.2, -0.15) is 0 Å². The number of hydrogen-bond donors (Lipinski definition) is 2. The van der Waals surface area contributed by atoms with Crippen LogP contribution in [0, 0.1) is 5.82 Å². The second kappa shape index (κ2) is 6.65. The Morgan fingerprint density at radius 2 is 1.95 bits per heavy atom. The molecule has 2 rings (SSSR count). The highest BCUT2D eigenvalue weighted by atomic mass is 79.9. The van der Waals surface area contributed by atoms with Gasteiger partial charge in [0.15, 0.2) is 0 Å². The zero-order valence-electron chi connectivity index (χ0n) is 10.9. The van der Waals surface area contributed by atoms with E-state index in [2.05, 4.69) is 20.7 Å². The predicted molar refractivity (Wildman–Crippen MR) is 80.5 cm³/mol. The minimum absolute atomic E-state index is 0.0726. The summed E-state index contributed by atoms with van der Waals surface area (Å²) in [4.78, 5) is -0.250. The van der Waals surface area contributed by atoms with Gasteiger partial charge in [-0.3, -0.25) is 0 Å². The van der Waals surface area contributed by atoms with Gasteiger partial charge in [0, 0.05) is 11.0 Å².